The zero-order chi connectivity index (χ0) is 13.1. The number of nitrogens with one attached hydrogen (secondary N) is 1. The summed E-state index contributed by atoms with van der Waals surface area (Å²) in [5.74, 6) is -0.347. The molecule has 0 spiro atoms. The van der Waals surface area contributed by atoms with E-state index in [0.29, 0.717) is 17.8 Å². The number of pyridine rings is 1. The minimum Gasteiger partial charge on any atom is -0.382 e. The molecule has 1 aliphatic rings. The van der Waals surface area contributed by atoms with Crippen LogP contribution >= 0.6 is 0 Å². The molecular weight excluding hydrogens is 228 g/mol. The standard InChI is InChI=1S/C14H16N2O2/c1-3-4-7-15-11-8-12(17)13-10(14(11)18)6-5-9(2)16-13/h5-6,8,15H,3-4,7H2,1-2H3. The lowest BCUT2D eigenvalue weighted by Crippen LogP contribution is -2.28. The van der Waals surface area contributed by atoms with Crippen LogP contribution in [0, 0.1) is 6.92 Å². The highest BCUT2D eigenvalue weighted by atomic mass is 16.1. The van der Waals surface area contributed by atoms with Crippen LogP contribution in [0.4, 0.5) is 0 Å². The van der Waals surface area contributed by atoms with Gasteiger partial charge in [0.25, 0.3) is 0 Å². The Morgan fingerprint density at radius 1 is 1.28 bits per heavy atom. The second-order valence-corrected chi connectivity index (χ2v) is 4.38. The maximum Gasteiger partial charge on any atom is 0.211 e. The summed E-state index contributed by atoms with van der Waals surface area (Å²) in [6.45, 7) is 4.58. The number of allylic oxidation sites excluding steroid dienone is 2. The van der Waals surface area contributed by atoms with Gasteiger partial charge in [-0.1, -0.05) is 13.3 Å². The summed E-state index contributed by atoms with van der Waals surface area (Å²) in [5, 5.41) is 3.02. The number of carbonyl (C=O) groups excluding carboxylic acids is 2. The van der Waals surface area contributed by atoms with Crippen molar-refractivity contribution >= 4 is 11.6 Å². The van der Waals surface area contributed by atoms with Crippen LogP contribution in [0.25, 0.3) is 0 Å². The lowest BCUT2D eigenvalue weighted by molar-refractivity contribution is 0.0974. The van der Waals surface area contributed by atoms with Crippen molar-refractivity contribution < 1.29 is 9.59 Å². The molecule has 0 saturated carbocycles. The van der Waals surface area contributed by atoms with Crippen LogP contribution in [0.15, 0.2) is 23.9 Å². The summed E-state index contributed by atoms with van der Waals surface area (Å²) in [4.78, 5) is 28.2. The first-order chi connectivity index (χ1) is 8.63. The van der Waals surface area contributed by atoms with Crippen LogP contribution in [0.2, 0.25) is 0 Å². The molecule has 0 aliphatic heterocycles. The van der Waals surface area contributed by atoms with E-state index in [9.17, 15) is 9.59 Å². The number of hydrogen-bond acceptors (Lipinski definition) is 4. The van der Waals surface area contributed by atoms with Crippen molar-refractivity contribution in [2.75, 3.05) is 6.54 Å². The predicted octanol–water partition coefficient (Wildman–Crippen LogP) is 2.04. The topological polar surface area (TPSA) is 59.1 Å². The van der Waals surface area contributed by atoms with Gasteiger partial charge < -0.3 is 5.32 Å². The van der Waals surface area contributed by atoms with Gasteiger partial charge in [-0.2, -0.15) is 0 Å². The average Bonchev–Trinajstić information content (AvgIpc) is 2.35. The van der Waals surface area contributed by atoms with Gasteiger partial charge >= 0.3 is 0 Å². The fourth-order valence-corrected chi connectivity index (χ4v) is 1.87. The lowest BCUT2D eigenvalue weighted by Gasteiger charge is -2.16. The summed E-state index contributed by atoms with van der Waals surface area (Å²) < 4.78 is 0. The molecule has 4 heteroatoms. The molecule has 4 nitrogen and oxygen atoms in total. The molecule has 0 bridgehead atoms. The number of fused-ring (bicyclic) bond motifs is 1. The number of aromatic nitrogens is 1. The molecule has 0 fully saturated rings. The summed E-state index contributed by atoms with van der Waals surface area (Å²) in [6, 6.07) is 3.42. The minimum atomic E-state index is -0.202. The van der Waals surface area contributed by atoms with E-state index in [1.165, 1.54) is 6.08 Å². The van der Waals surface area contributed by atoms with Gasteiger partial charge in [0.05, 0.1) is 11.3 Å². The van der Waals surface area contributed by atoms with Crippen LogP contribution in [0.5, 0.6) is 0 Å². The molecule has 1 N–H and O–H groups in total. The Morgan fingerprint density at radius 2 is 2.06 bits per heavy atom. The first-order valence-electron chi connectivity index (χ1n) is 6.15. The minimum absolute atomic E-state index is 0.145. The van der Waals surface area contributed by atoms with E-state index in [1.54, 1.807) is 19.1 Å². The highest BCUT2D eigenvalue weighted by Crippen LogP contribution is 2.18. The highest BCUT2D eigenvalue weighted by Gasteiger charge is 2.26. The van der Waals surface area contributed by atoms with E-state index in [0.717, 1.165) is 18.5 Å². The fraction of sp³-hybridized carbons (Fsp3) is 0.357. The van der Waals surface area contributed by atoms with Gasteiger partial charge in [0.2, 0.25) is 11.6 Å². The molecule has 0 aromatic carbocycles. The number of unbranched alkanes of at least 4 members (excludes halogenated alkanes) is 1. The zero-order valence-electron chi connectivity index (χ0n) is 10.6. The van der Waals surface area contributed by atoms with Crippen LogP contribution in [-0.4, -0.2) is 23.1 Å². The first kappa shape index (κ1) is 12.5. The average molecular weight is 244 g/mol. The Bertz CT molecular complexity index is 533. The van der Waals surface area contributed by atoms with Gasteiger partial charge in [-0.3, -0.25) is 9.59 Å². The van der Waals surface area contributed by atoms with Gasteiger partial charge in [0.15, 0.2) is 0 Å². The second-order valence-electron chi connectivity index (χ2n) is 4.38. The lowest BCUT2D eigenvalue weighted by atomic mass is 9.96. The Labute approximate surface area is 106 Å². The number of aryl methyl sites for hydroxylation is 1. The Balaban J connectivity index is 2.27. The molecule has 18 heavy (non-hydrogen) atoms. The maximum absolute atomic E-state index is 12.1. The Kier molecular flexibility index (Phi) is 3.55. The molecular formula is C14H16N2O2. The largest absolute Gasteiger partial charge is 0.382 e. The van der Waals surface area contributed by atoms with Crippen LogP contribution in [0.1, 0.15) is 46.3 Å². The van der Waals surface area contributed by atoms with Gasteiger partial charge in [-0.05, 0) is 25.5 Å². The third-order valence-corrected chi connectivity index (χ3v) is 2.88. The van der Waals surface area contributed by atoms with E-state index in [-0.39, 0.29) is 17.3 Å². The highest BCUT2D eigenvalue weighted by molar-refractivity contribution is 6.23. The van der Waals surface area contributed by atoms with Crippen LogP contribution in [-0.2, 0) is 0 Å². The summed E-state index contributed by atoms with van der Waals surface area (Å²) in [6.07, 6.45) is 3.37. The normalized spacial score (nSPS) is 14.2. The summed E-state index contributed by atoms with van der Waals surface area (Å²) in [5.41, 5.74) is 1.78. The summed E-state index contributed by atoms with van der Waals surface area (Å²) in [7, 11) is 0. The predicted molar refractivity (Wildman–Crippen MR) is 68.6 cm³/mol. The molecule has 1 aliphatic carbocycles. The monoisotopic (exact) mass is 244 g/mol. The van der Waals surface area contributed by atoms with E-state index >= 15 is 0 Å². The van der Waals surface area contributed by atoms with Crippen molar-refractivity contribution in [3.63, 3.8) is 0 Å². The zero-order valence-corrected chi connectivity index (χ0v) is 10.6. The molecule has 1 heterocycles. The number of Topliss-reactive ketones (excluding diaryl/α,β-unsaturated/α-hetero) is 1. The molecule has 1 aromatic rings. The molecule has 2 rings (SSSR count). The first-order valence-corrected chi connectivity index (χ1v) is 6.15. The fourth-order valence-electron chi connectivity index (χ4n) is 1.87. The van der Waals surface area contributed by atoms with Crippen molar-refractivity contribution in [3.05, 3.63) is 40.9 Å². The molecule has 0 saturated heterocycles. The van der Waals surface area contributed by atoms with Crippen molar-refractivity contribution in [2.45, 2.75) is 26.7 Å². The van der Waals surface area contributed by atoms with E-state index in [2.05, 4.69) is 17.2 Å². The van der Waals surface area contributed by atoms with E-state index in [1.807, 2.05) is 0 Å². The number of ketones is 2. The SMILES string of the molecule is CCCCNC1=CC(=O)c2nc(C)ccc2C1=O. The number of carbonyl (C=O) groups is 2. The van der Waals surface area contributed by atoms with Gasteiger partial charge in [0, 0.05) is 18.3 Å². The van der Waals surface area contributed by atoms with Crippen molar-refractivity contribution in [1.82, 2.24) is 10.3 Å². The Morgan fingerprint density at radius 3 is 2.78 bits per heavy atom. The maximum atomic E-state index is 12.1. The number of rotatable bonds is 4. The molecule has 1 aromatic heterocycles. The molecule has 94 valence electrons. The molecule has 0 radical (unpaired) electrons. The van der Waals surface area contributed by atoms with Crippen molar-refractivity contribution in [2.24, 2.45) is 0 Å². The third-order valence-electron chi connectivity index (χ3n) is 2.88. The van der Waals surface area contributed by atoms with E-state index < -0.39 is 0 Å². The van der Waals surface area contributed by atoms with Crippen LogP contribution in [0.3, 0.4) is 0 Å². The molecule has 0 unspecified atom stereocenters. The van der Waals surface area contributed by atoms with Crippen LogP contribution < -0.4 is 5.32 Å². The molecule has 0 amide bonds. The van der Waals surface area contributed by atoms with Gasteiger partial charge in [-0.15, -0.1) is 0 Å². The summed E-state index contributed by atoms with van der Waals surface area (Å²) >= 11 is 0. The smallest absolute Gasteiger partial charge is 0.211 e. The van der Waals surface area contributed by atoms with Gasteiger partial charge in [0.1, 0.15) is 5.69 Å². The second kappa shape index (κ2) is 5.12. The Hall–Kier alpha value is -1.97. The van der Waals surface area contributed by atoms with Crippen molar-refractivity contribution in [1.29, 1.82) is 0 Å². The number of nitrogens with zero attached hydrogens (tertiary/aromatic N) is 1. The van der Waals surface area contributed by atoms with E-state index in [4.69, 9.17) is 0 Å². The van der Waals surface area contributed by atoms with Crippen molar-refractivity contribution in [3.8, 4) is 0 Å². The van der Waals surface area contributed by atoms with Gasteiger partial charge in [-0.25, -0.2) is 4.98 Å². The molecule has 0 atom stereocenters. The third kappa shape index (κ3) is 2.32. The quantitative estimate of drug-likeness (QED) is 0.823. The number of hydrogen-bond donors (Lipinski definition) is 1.